The Kier molecular flexibility index (Phi) is 7.96. The zero-order valence-electron chi connectivity index (χ0n) is 16.1. The zero-order chi connectivity index (χ0) is 19.2. The molecule has 1 heterocycles. The first kappa shape index (κ1) is 21.2. The van der Waals surface area contributed by atoms with Crippen LogP contribution < -0.4 is 4.72 Å². The van der Waals surface area contributed by atoms with Crippen molar-refractivity contribution in [2.75, 3.05) is 5.88 Å². The topological polar surface area (TPSA) is 48.0 Å². The highest BCUT2D eigenvalue weighted by molar-refractivity contribution is 7.90. The largest absolute Gasteiger partial charge is 0.598 e. The minimum absolute atomic E-state index is 0.0420. The minimum Gasteiger partial charge on any atom is -0.598 e. The van der Waals surface area contributed by atoms with Crippen LogP contribution in [0, 0.1) is 6.92 Å². The quantitative estimate of drug-likeness (QED) is 0.363. The lowest BCUT2D eigenvalue weighted by Gasteiger charge is -2.28. The molecule has 2 atom stereocenters. The summed E-state index contributed by atoms with van der Waals surface area (Å²) in [5.74, 6) is 0.658. The van der Waals surface area contributed by atoms with Gasteiger partial charge in [0, 0.05) is 29.6 Å². The highest BCUT2D eigenvalue weighted by atomic mass is 35.5. The summed E-state index contributed by atoms with van der Waals surface area (Å²) in [6.45, 7) is 8.04. The number of hydrogen-bond acceptors (Lipinski definition) is 3. The Bertz CT molecular complexity index is 702. The molecule has 142 valence electrons. The van der Waals surface area contributed by atoms with Crippen LogP contribution in [0.15, 0.2) is 42.7 Å². The van der Waals surface area contributed by atoms with Crippen LogP contribution in [0.4, 0.5) is 0 Å². The fourth-order valence-corrected chi connectivity index (χ4v) is 3.82. The van der Waals surface area contributed by atoms with Gasteiger partial charge in [0.05, 0.1) is 6.04 Å². The molecule has 26 heavy (non-hydrogen) atoms. The molecule has 2 rings (SSSR count). The summed E-state index contributed by atoms with van der Waals surface area (Å²) >= 11 is 4.72. The molecule has 0 fully saturated rings. The van der Waals surface area contributed by atoms with Gasteiger partial charge >= 0.3 is 0 Å². The van der Waals surface area contributed by atoms with E-state index in [9.17, 15) is 4.55 Å². The van der Waals surface area contributed by atoms with Gasteiger partial charge in [-0.15, -0.1) is 16.3 Å². The first-order chi connectivity index (χ1) is 12.3. The molecule has 2 unspecified atom stereocenters. The smallest absolute Gasteiger partial charge is 0.136 e. The van der Waals surface area contributed by atoms with Gasteiger partial charge in [-0.1, -0.05) is 24.6 Å². The van der Waals surface area contributed by atoms with E-state index in [-0.39, 0.29) is 10.8 Å². The van der Waals surface area contributed by atoms with Gasteiger partial charge in [-0.2, -0.15) is 0 Å². The lowest BCUT2D eigenvalue weighted by atomic mass is 9.96. The third-order valence-corrected chi connectivity index (χ3v) is 6.18. The minimum atomic E-state index is -1.12. The Balaban J connectivity index is 2.29. The van der Waals surface area contributed by atoms with Crippen LogP contribution in [-0.4, -0.2) is 20.2 Å². The molecule has 0 aliphatic carbocycles. The van der Waals surface area contributed by atoms with Gasteiger partial charge < -0.3 is 4.55 Å². The van der Waals surface area contributed by atoms with Crippen molar-refractivity contribution in [3.05, 3.63) is 53.9 Å². The van der Waals surface area contributed by atoms with E-state index in [4.69, 9.17) is 11.6 Å². The summed E-state index contributed by atoms with van der Waals surface area (Å²) in [7, 11) is 0. The number of unbranched alkanes of at least 4 members (excludes halogenated alkanes) is 1. The number of aryl methyl sites for hydroxylation is 1. The monoisotopic (exact) mass is 392 g/mol. The summed E-state index contributed by atoms with van der Waals surface area (Å²) in [5, 5.41) is 0. The zero-order valence-corrected chi connectivity index (χ0v) is 17.7. The first-order valence-corrected chi connectivity index (χ1v) is 10.8. The molecule has 0 aliphatic heterocycles. The molecule has 0 saturated heterocycles. The van der Waals surface area contributed by atoms with Crippen molar-refractivity contribution in [2.45, 2.75) is 57.7 Å². The predicted molar refractivity (Wildman–Crippen MR) is 113 cm³/mol. The van der Waals surface area contributed by atoms with E-state index < -0.39 is 11.4 Å². The second kappa shape index (κ2) is 9.75. The van der Waals surface area contributed by atoms with E-state index in [0.29, 0.717) is 5.88 Å². The van der Waals surface area contributed by atoms with Gasteiger partial charge in [0.1, 0.15) is 4.75 Å². The Morgan fingerprint density at radius 1 is 1.23 bits per heavy atom. The normalized spacial score (nSPS) is 14.2. The molecule has 1 aromatic carbocycles. The van der Waals surface area contributed by atoms with Crippen molar-refractivity contribution in [1.82, 2.24) is 9.71 Å². The molecule has 3 nitrogen and oxygen atoms in total. The van der Waals surface area contributed by atoms with E-state index in [1.807, 2.05) is 39.2 Å². The molecule has 0 radical (unpaired) electrons. The van der Waals surface area contributed by atoms with Gasteiger partial charge in [0.15, 0.2) is 0 Å². The number of halogens is 1. The molecular formula is C21H29ClN2OS. The number of aromatic nitrogens is 1. The number of rotatable bonds is 8. The third-order valence-electron chi connectivity index (χ3n) is 4.30. The highest BCUT2D eigenvalue weighted by Crippen LogP contribution is 2.29. The van der Waals surface area contributed by atoms with Crippen LogP contribution in [0.2, 0.25) is 0 Å². The van der Waals surface area contributed by atoms with Gasteiger partial charge in [-0.25, -0.2) is 0 Å². The summed E-state index contributed by atoms with van der Waals surface area (Å²) in [6, 6.07) is 10.6. The van der Waals surface area contributed by atoms with E-state index in [1.165, 1.54) is 5.56 Å². The van der Waals surface area contributed by atoms with Crippen molar-refractivity contribution in [3.8, 4) is 11.1 Å². The number of benzene rings is 1. The van der Waals surface area contributed by atoms with E-state index in [0.717, 1.165) is 36.0 Å². The lowest BCUT2D eigenvalue weighted by molar-refractivity contribution is 0.503. The molecule has 1 aromatic heterocycles. The maximum atomic E-state index is 12.7. The van der Waals surface area contributed by atoms with Crippen molar-refractivity contribution in [1.29, 1.82) is 0 Å². The van der Waals surface area contributed by atoms with Crippen molar-refractivity contribution >= 4 is 23.0 Å². The SMILES string of the molecule is Cc1cnccc1-c1cccc(C(CCCCCl)N[S+]([O-])C(C)(C)C)c1. The van der Waals surface area contributed by atoms with Gasteiger partial charge in [0.25, 0.3) is 0 Å². The summed E-state index contributed by atoms with van der Waals surface area (Å²) < 4.78 is 15.7. The molecule has 2 aromatic rings. The number of alkyl halides is 1. The standard InChI is InChI=1S/C21H29ClN2OS/c1-16-15-23-13-11-19(16)17-8-7-9-18(14-17)20(10-5-6-12-22)24-26(25)21(2,3)4/h7-9,11,13-15,20,24H,5-6,10,12H2,1-4H3. The van der Waals surface area contributed by atoms with Crippen LogP contribution in [0.3, 0.4) is 0 Å². The van der Waals surface area contributed by atoms with E-state index in [2.05, 4.69) is 40.9 Å². The number of nitrogens with zero attached hydrogens (tertiary/aromatic N) is 1. The van der Waals surface area contributed by atoms with Gasteiger partial charge in [0.2, 0.25) is 0 Å². The van der Waals surface area contributed by atoms with Gasteiger partial charge in [-0.05, 0) is 74.9 Å². The van der Waals surface area contributed by atoms with Crippen molar-refractivity contribution < 1.29 is 4.55 Å². The average molecular weight is 393 g/mol. The fraction of sp³-hybridized carbons (Fsp3) is 0.476. The summed E-state index contributed by atoms with van der Waals surface area (Å²) in [5.41, 5.74) is 4.65. The number of hydrogen-bond donors (Lipinski definition) is 1. The van der Waals surface area contributed by atoms with Crippen molar-refractivity contribution in [2.24, 2.45) is 0 Å². The molecule has 5 heteroatoms. The Morgan fingerprint density at radius 3 is 2.65 bits per heavy atom. The summed E-state index contributed by atoms with van der Waals surface area (Å²) in [4.78, 5) is 4.18. The molecule has 0 amide bonds. The Hall–Kier alpha value is -1.07. The van der Waals surface area contributed by atoms with Gasteiger partial charge in [-0.3, -0.25) is 4.98 Å². The van der Waals surface area contributed by atoms with Crippen LogP contribution in [0.25, 0.3) is 11.1 Å². The van der Waals surface area contributed by atoms with E-state index in [1.54, 1.807) is 0 Å². The molecule has 0 bridgehead atoms. The fourth-order valence-electron chi connectivity index (χ4n) is 2.76. The first-order valence-electron chi connectivity index (χ1n) is 9.08. The Morgan fingerprint density at radius 2 is 2.00 bits per heavy atom. The molecule has 1 N–H and O–H groups in total. The summed E-state index contributed by atoms with van der Waals surface area (Å²) in [6.07, 6.45) is 6.58. The maximum Gasteiger partial charge on any atom is 0.136 e. The molecule has 0 spiro atoms. The average Bonchev–Trinajstić information content (AvgIpc) is 2.60. The molecule has 0 aliphatic rings. The number of pyridine rings is 1. The van der Waals surface area contributed by atoms with E-state index >= 15 is 0 Å². The van der Waals surface area contributed by atoms with Crippen LogP contribution in [0.1, 0.15) is 57.2 Å². The molecule has 0 saturated carbocycles. The van der Waals surface area contributed by atoms with Crippen molar-refractivity contribution in [3.63, 3.8) is 0 Å². The maximum absolute atomic E-state index is 12.7. The van der Waals surface area contributed by atoms with Crippen LogP contribution in [0.5, 0.6) is 0 Å². The second-order valence-corrected chi connectivity index (χ2v) is 9.93. The number of nitrogens with one attached hydrogen (secondary N) is 1. The second-order valence-electron chi connectivity index (χ2n) is 7.55. The highest BCUT2D eigenvalue weighted by Gasteiger charge is 2.29. The Labute approximate surface area is 165 Å². The third kappa shape index (κ3) is 5.98. The molecular weight excluding hydrogens is 364 g/mol. The lowest BCUT2D eigenvalue weighted by Crippen LogP contribution is -2.41. The predicted octanol–water partition coefficient (Wildman–Crippen LogP) is 5.56. The van der Waals surface area contributed by atoms with Crippen LogP contribution >= 0.6 is 11.6 Å². The van der Waals surface area contributed by atoms with Crippen LogP contribution in [-0.2, 0) is 11.4 Å².